The van der Waals surface area contributed by atoms with E-state index in [2.05, 4.69) is 26.6 Å². The fourth-order valence-electron chi connectivity index (χ4n) is 3.25. The fraction of sp³-hybridized carbons (Fsp3) is 0.333. The quantitative estimate of drug-likeness (QED) is 0.571. The maximum absolute atomic E-state index is 13.2. The maximum atomic E-state index is 13.2. The molecule has 2 aromatic rings. The van der Waals surface area contributed by atoms with Gasteiger partial charge in [-0.05, 0) is 63.5 Å². The predicted octanol–water partition coefficient (Wildman–Crippen LogP) is 2.72. The number of anilines is 2. The number of amides is 3. The summed E-state index contributed by atoms with van der Waals surface area (Å²) in [5, 5.41) is 17.2. The molecule has 0 saturated carbocycles. The summed E-state index contributed by atoms with van der Waals surface area (Å²) in [6.07, 6.45) is 0. The van der Waals surface area contributed by atoms with Gasteiger partial charge in [0.1, 0.15) is 5.75 Å². The highest BCUT2D eigenvalue weighted by Crippen LogP contribution is 2.41. The number of carbonyl (C=O) groups excluding carboxylic acids is 2. The van der Waals surface area contributed by atoms with Gasteiger partial charge < -0.3 is 25.4 Å². The number of aliphatic hydroxyl groups is 1. The summed E-state index contributed by atoms with van der Waals surface area (Å²) in [7, 11) is 3.77. The number of urea groups is 1. The zero-order chi connectivity index (χ0) is 21.9. The molecule has 3 amide bonds. The van der Waals surface area contributed by atoms with Gasteiger partial charge in [-0.1, -0.05) is 15.9 Å². The minimum absolute atomic E-state index is 0.271. The summed E-state index contributed by atoms with van der Waals surface area (Å²) in [6.45, 7) is 3.28. The van der Waals surface area contributed by atoms with Crippen molar-refractivity contribution in [1.29, 1.82) is 0 Å². The third-order valence-electron chi connectivity index (χ3n) is 4.69. The lowest BCUT2D eigenvalue weighted by atomic mass is 9.94. The van der Waals surface area contributed by atoms with Crippen LogP contribution in [0.5, 0.6) is 5.75 Å². The molecule has 0 aliphatic carbocycles. The van der Waals surface area contributed by atoms with Crippen molar-refractivity contribution in [2.75, 3.05) is 44.0 Å². The molecule has 3 rings (SSSR count). The van der Waals surface area contributed by atoms with E-state index in [1.165, 1.54) is 0 Å². The minimum Gasteiger partial charge on any atom is -0.494 e. The first kappa shape index (κ1) is 22.1. The van der Waals surface area contributed by atoms with Crippen LogP contribution in [-0.2, 0) is 10.5 Å². The largest absolute Gasteiger partial charge is 0.494 e. The highest BCUT2D eigenvalue weighted by atomic mass is 79.9. The van der Waals surface area contributed by atoms with Crippen molar-refractivity contribution in [1.82, 2.24) is 10.2 Å². The molecule has 8 nitrogen and oxygen atoms in total. The molecule has 3 N–H and O–H groups in total. The van der Waals surface area contributed by atoms with Crippen LogP contribution in [0.15, 0.2) is 46.9 Å². The van der Waals surface area contributed by atoms with E-state index in [9.17, 15) is 14.7 Å². The molecule has 0 aromatic heterocycles. The SMILES string of the molecule is CCOc1ccc(N2C(=O)Nc3ccc(Br)cc3[C@]2(O)C(=O)NCCN(C)C)cc1. The van der Waals surface area contributed by atoms with Crippen molar-refractivity contribution in [3.05, 3.63) is 52.5 Å². The van der Waals surface area contributed by atoms with E-state index < -0.39 is 17.7 Å². The topological polar surface area (TPSA) is 94.1 Å². The number of halogens is 1. The summed E-state index contributed by atoms with van der Waals surface area (Å²) in [5.41, 5.74) is -1.24. The van der Waals surface area contributed by atoms with Gasteiger partial charge in [0.25, 0.3) is 11.6 Å². The van der Waals surface area contributed by atoms with Gasteiger partial charge in [-0.3, -0.25) is 9.69 Å². The maximum Gasteiger partial charge on any atom is 0.329 e. The van der Waals surface area contributed by atoms with Crippen LogP contribution in [0.1, 0.15) is 12.5 Å². The Kier molecular flexibility index (Phi) is 6.64. The molecular weight excluding hydrogens is 452 g/mol. The van der Waals surface area contributed by atoms with Gasteiger partial charge >= 0.3 is 6.03 Å². The Morgan fingerprint density at radius 3 is 2.60 bits per heavy atom. The molecule has 30 heavy (non-hydrogen) atoms. The number of likely N-dealkylation sites (N-methyl/N-ethyl adjacent to an activating group) is 1. The highest BCUT2D eigenvalue weighted by molar-refractivity contribution is 9.10. The summed E-state index contributed by atoms with van der Waals surface area (Å²) in [4.78, 5) is 29.2. The van der Waals surface area contributed by atoms with E-state index in [0.29, 0.717) is 41.3 Å². The fourth-order valence-corrected chi connectivity index (χ4v) is 3.62. The monoisotopic (exact) mass is 476 g/mol. The molecule has 1 heterocycles. The summed E-state index contributed by atoms with van der Waals surface area (Å²) in [6, 6.07) is 11.0. The molecule has 9 heteroatoms. The Balaban J connectivity index is 2.06. The first-order valence-corrected chi connectivity index (χ1v) is 10.4. The predicted molar refractivity (Wildman–Crippen MR) is 119 cm³/mol. The smallest absolute Gasteiger partial charge is 0.329 e. The van der Waals surface area contributed by atoms with Gasteiger partial charge in [-0.2, -0.15) is 0 Å². The van der Waals surface area contributed by atoms with Crippen LogP contribution in [0.25, 0.3) is 0 Å². The van der Waals surface area contributed by atoms with E-state index in [1.807, 2.05) is 25.9 Å². The lowest BCUT2D eigenvalue weighted by molar-refractivity contribution is -0.140. The molecule has 0 bridgehead atoms. The Labute approximate surface area is 183 Å². The second kappa shape index (κ2) is 9.03. The molecule has 0 spiro atoms. The zero-order valence-corrected chi connectivity index (χ0v) is 18.7. The van der Waals surface area contributed by atoms with Crippen molar-refractivity contribution >= 4 is 39.2 Å². The number of ether oxygens (including phenoxy) is 1. The van der Waals surface area contributed by atoms with E-state index in [4.69, 9.17) is 4.74 Å². The second-order valence-corrected chi connectivity index (χ2v) is 8.03. The number of hydrogen-bond acceptors (Lipinski definition) is 5. The molecule has 0 radical (unpaired) electrons. The highest BCUT2D eigenvalue weighted by Gasteiger charge is 2.52. The molecular formula is C21H25BrN4O4. The summed E-state index contributed by atoms with van der Waals surface area (Å²) in [5.74, 6) is -0.0618. The third-order valence-corrected chi connectivity index (χ3v) is 5.19. The zero-order valence-electron chi connectivity index (χ0n) is 17.1. The molecule has 1 aliphatic heterocycles. The molecule has 160 valence electrons. The van der Waals surface area contributed by atoms with Crippen molar-refractivity contribution < 1.29 is 19.4 Å². The third kappa shape index (κ3) is 4.28. The average Bonchev–Trinajstić information content (AvgIpc) is 2.70. The van der Waals surface area contributed by atoms with Gasteiger partial charge in [-0.25, -0.2) is 4.79 Å². The van der Waals surface area contributed by atoms with Crippen molar-refractivity contribution in [3.8, 4) is 5.75 Å². The Hall–Kier alpha value is -2.62. The standard InChI is InChI=1S/C21H25BrN4O4/c1-4-30-16-8-6-15(7-9-16)26-20(28)24-18-10-5-14(22)13-17(18)21(26,29)19(27)23-11-12-25(2)3/h5-10,13,29H,4,11-12H2,1-3H3,(H,23,27)(H,24,28)/t21-/m0/s1. The van der Waals surface area contributed by atoms with E-state index >= 15 is 0 Å². The van der Waals surface area contributed by atoms with Crippen molar-refractivity contribution in [3.63, 3.8) is 0 Å². The summed E-state index contributed by atoms with van der Waals surface area (Å²) >= 11 is 3.38. The minimum atomic E-state index is -2.24. The van der Waals surface area contributed by atoms with Crippen LogP contribution in [0.2, 0.25) is 0 Å². The van der Waals surface area contributed by atoms with E-state index in [-0.39, 0.29) is 5.56 Å². The number of benzene rings is 2. The molecule has 2 aromatic carbocycles. The number of nitrogens with one attached hydrogen (secondary N) is 2. The van der Waals surface area contributed by atoms with E-state index in [0.717, 1.165) is 4.90 Å². The molecule has 1 aliphatic rings. The van der Waals surface area contributed by atoms with Gasteiger partial charge in [0.15, 0.2) is 0 Å². The Morgan fingerprint density at radius 2 is 1.97 bits per heavy atom. The number of carbonyl (C=O) groups is 2. The van der Waals surface area contributed by atoms with Gasteiger partial charge in [-0.15, -0.1) is 0 Å². The Morgan fingerprint density at radius 1 is 1.27 bits per heavy atom. The Bertz CT molecular complexity index is 935. The van der Waals surface area contributed by atoms with Crippen LogP contribution in [0.4, 0.5) is 16.2 Å². The molecule has 0 fully saturated rings. The van der Waals surface area contributed by atoms with Gasteiger partial charge in [0, 0.05) is 28.8 Å². The van der Waals surface area contributed by atoms with Crippen molar-refractivity contribution in [2.24, 2.45) is 0 Å². The van der Waals surface area contributed by atoms with E-state index in [1.54, 1.807) is 42.5 Å². The second-order valence-electron chi connectivity index (χ2n) is 7.11. The number of hydrogen-bond donors (Lipinski definition) is 3. The average molecular weight is 477 g/mol. The normalized spacial score (nSPS) is 18.1. The number of fused-ring (bicyclic) bond motifs is 1. The van der Waals surface area contributed by atoms with Crippen LogP contribution < -0.4 is 20.3 Å². The lowest BCUT2D eigenvalue weighted by Gasteiger charge is -2.42. The first-order chi connectivity index (χ1) is 14.3. The molecule has 0 unspecified atom stereocenters. The first-order valence-electron chi connectivity index (χ1n) is 9.57. The number of nitrogens with zero attached hydrogens (tertiary/aromatic N) is 2. The van der Waals surface area contributed by atoms with Crippen molar-refractivity contribution in [2.45, 2.75) is 12.6 Å². The van der Waals surface area contributed by atoms with Crippen LogP contribution in [-0.4, -0.2) is 55.7 Å². The lowest BCUT2D eigenvalue weighted by Crippen LogP contribution is -2.63. The molecule has 0 saturated heterocycles. The summed E-state index contributed by atoms with van der Waals surface area (Å²) < 4.78 is 6.12. The van der Waals surface area contributed by atoms with Crippen LogP contribution in [0.3, 0.4) is 0 Å². The molecule has 1 atom stereocenters. The van der Waals surface area contributed by atoms with Crippen LogP contribution in [0, 0.1) is 0 Å². The van der Waals surface area contributed by atoms with Crippen LogP contribution >= 0.6 is 15.9 Å². The van der Waals surface area contributed by atoms with Gasteiger partial charge in [0.2, 0.25) is 0 Å². The van der Waals surface area contributed by atoms with Gasteiger partial charge in [0.05, 0.1) is 12.3 Å². The number of rotatable bonds is 7.